The van der Waals surface area contributed by atoms with Crippen LogP contribution in [0.3, 0.4) is 0 Å². The zero-order chi connectivity index (χ0) is 12.3. The third-order valence-electron chi connectivity index (χ3n) is 3.04. The second-order valence-corrected chi connectivity index (χ2v) is 4.66. The molecular weight excluding hydrogens is 238 g/mol. The van der Waals surface area contributed by atoms with Gasteiger partial charge >= 0.3 is 0 Å². The van der Waals surface area contributed by atoms with Gasteiger partial charge in [0.05, 0.1) is 6.10 Å². The van der Waals surface area contributed by atoms with Crippen LogP contribution in [0.25, 0.3) is 0 Å². The molecule has 0 aromatic carbocycles. The Morgan fingerprint density at radius 1 is 1.59 bits per heavy atom. The highest BCUT2D eigenvalue weighted by Crippen LogP contribution is 2.21. The van der Waals surface area contributed by atoms with E-state index in [4.69, 9.17) is 16.3 Å². The van der Waals surface area contributed by atoms with Crippen LogP contribution in [0, 0.1) is 6.92 Å². The Morgan fingerprint density at radius 3 is 3.06 bits per heavy atom. The molecule has 1 saturated heterocycles. The maximum Gasteiger partial charge on any atom is 0.224 e. The monoisotopic (exact) mass is 255 g/mol. The molecular formula is C12H18ClN3O. The van der Waals surface area contributed by atoms with Crippen molar-refractivity contribution in [1.29, 1.82) is 0 Å². The van der Waals surface area contributed by atoms with Crippen LogP contribution < -0.4 is 4.90 Å². The summed E-state index contributed by atoms with van der Waals surface area (Å²) in [5.41, 5.74) is 1.05. The highest BCUT2D eigenvalue weighted by atomic mass is 35.5. The average molecular weight is 256 g/mol. The minimum atomic E-state index is 0.302. The Labute approximate surface area is 107 Å². The van der Waals surface area contributed by atoms with Crippen LogP contribution >= 0.6 is 11.6 Å². The fourth-order valence-electron chi connectivity index (χ4n) is 2.13. The fraction of sp³-hybridized carbons (Fsp3) is 0.667. The van der Waals surface area contributed by atoms with Crippen molar-refractivity contribution < 1.29 is 4.74 Å². The van der Waals surface area contributed by atoms with Crippen molar-refractivity contribution in [2.75, 3.05) is 24.6 Å². The molecule has 1 aliphatic rings. The number of likely N-dealkylation sites (N-methyl/N-ethyl adjacent to an activating group) is 1. The Kier molecular flexibility index (Phi) is 4.18. The predicted octanol–water partition coefficient (Wildman–Crippen LogP) is 2.44. The van der Waals surface area contributed by atoms with Crippen molar-refractivity contribution in [2.24, 2.45) is 0 Å². The van der Waals surface area contributed by atoms with Gasteiger partial charge in [-0.3, -0.25) is 0 Å². The van der Waals surface area contributed by atoms with E-state index >= 15 is 0 Å². The number of ether oxygens (including phenoxy) is 1. The van der Waals surface area contributed by atoms with E-state index in [-0.39, 0.29) is 0 Å². The van der Waals surface area contributed by atoms with E-state index in [0.29, 0.717) is 11.4 Å². The van der Waals surface area contributed by atoms with Gasteiger partial charge in [0.15, 0.2) is 0 Å². The number of aromatic nitrogens is 2. The highest BCUT2D eigenvalue weighted by molar-refractivity contribution is 6.28. The standard InChI is InChI=1S/C12H18ClN3O/c1-3-16(8-10-5-4-6-17-10)11-9(2)7-14-12(13)15-11/h7,10H,3-6,8H2,1-2H3. The third kappa shape index (κ3) is 3.07. The zero-order valence-electron chi connectivity index (χ0n) is 10.3. The first kappa shape index (κ1) is 12.6. The molecule has 5 heteroatoms. The van der Waals surface area contributed by atoms with Crippen LogP contribution in [0.15, 0.2) is 6.20 Å². The summed E-state index contributed by atoms with van der Waals surface area (Å²) in [6.45, 7) is 6.78. The minimum Gasteiger partial charge on any atom is -0.376 e. The molecule has 4 nitrogen and oxygen atoms in total. The van der Waals surface area contributed by atoms with E-state index in [0.717, 1.165) is 43.9 Å². The van der Waals surface area contributed by atoms with Gasteiger partial charge in [0, 0.05) is 31.5 Å². The summed E-state index contributed by atoms with van der Waals surface area (Å²) >= 11 is 5.85. The quantitative estimate of drug-likeness (QED) is 0.775. The molecule has 0 aliphatic carbocycles. The number of anilines is 1. The van der Waals surface area contributed by atoms with Gasteiger partial charge in [-0.05, 0) is 38.3 Å². The molecule has 1 aromatic heterocycles. The molecule has 17 heavy (non-hydrogen) atoms. The topological polar surface area (TPSA) is 38.2 Å². The molecule has 0 N–H and O–H groups in total. The van der Waals surface area contributed by atoms with Crippen LogP contribution in [0.1, 0.15) is 25.3 Å². The second kappa shape index (κ2) is 5.65. The van der Waals surface area contributed by atoms with Gasteiger partial charge in [-0.25, -0.2) is 9.97 Å². The van der Waals surface area contributed by atoms with Gasteiger partial charge in [0.1, 0.15) is 5.82 Å². The lowest BCUT2D eigenvalue weighted by Crippen LogP contribution is -2.33. The highest BCUT2D eigenvalue weighted by Gasteiger charge is 2.20. The van der Waals surface area contributed by atoms with Crippen molar-refractivity contribution >= 4 is 17.4 Å². The first-order chi connectivity index (χ1) is 8.20. The summed E-state index contributed by atoms with van der Waals surface area (Å²) in [5.74, 6) is 0.919. The van der Waals surface area contributed by atoms with Gasteiger partial charge in [0.2, 0.25) is 5.28 Å². The van der Waals surface area contributed by atoms with Crippen LogP contribution in [-0.2, 0) is 4.74 Å². The van der Waals surface area contributed by atoms with Crippen molar-refractivity contribution in [3.8, 4) is 0 Å². The van der Waals surface area contributed by atoms with Gasteiger partial charge in [0.25, 0.3) is 0 Å². The lowest BCUT2D eigenvalue weighted by molar-refractivity contribution is 0.115. The van der Waals surface area contributed by atoms with E-state index in [2.05, 4.69) is 21.8 Å². The maximum absolute atomic E-state index is 5.85. The van der Waals surface area contributed by atoms with Crippen LogP contribution in [0.5, 0.6) is 0 Å². The van der Waals surface area contributed by atoms with Gasteiger partial charge < -0.3 is 9.64 Å². The van der Waals surface area contributed by atoms with E-state index in [1.165, 1.54) is 0 Å². The smallest absolute Gasteiger partial charge is 0.224 e. The van der Waals surface area contributed by atoms with Gasteiger partial charge in [-0.1, -0.05) is 0 Å². The van der Waals surface area contributed by atoms with Crippen LogP contribution in [0.4, 0.5) is 5.82 Å². The van der Waals surface area contributed by atoms with Crippen molar-refractivity contribution in [3.63, 3.8) is 0 Å². The van der Waals surface area contributed by atoms with Gasteiger partial charge in [-0.2, -0.15) is 0 Å². The number of halogens is 1. The summed E-state index contributed by atoms with van der Waals surface area (Å²) in [6.07, 6.45) is 4.38. The molecule has 0 bridgehead atoms. The molecule has 0 saturated carbocycles. The van der Waals surface area contributed by atoms with E-state index in [9.17, 15) is 0 Å². The maximum atomic E-state index is 5.85. The molecule has 1 aromatic rings. The normalized spacial score (nSPS) is 19.6. The minimum absolute atomic E-state index is 0.302. The molecule has 1 aliphatic heterocycles. The summed E-state index contributed by atoms with van der Waals surface area (Å²) < 4.78 is 5.66. The van der Waals surface area contributed by atoms with Crippen molar-refractivity contribution in [1.82, 2.24) is 9.97 Å². The van der Waals surface area contributed by atoms with E-state index < -0.39 is 0 Å². The van der Waals surface area contributed by atoms with Crippen molar-refractivity contribution in [2.45, 2.75) is 32.8 Å². The number of hydrogen-bond donors (Lipinski definition) is 0. The number of nitrogens with zero attached hydrogens (tertiary/aromatic N) is 3. The molecule has 2 heterocycles. The molecule has 0 spiro atoms. The molecule has 2 rings (SSSR count). The Hall–Kier alpha value is -0.870. The number of aryl methyl sites for hydroxylation is 1. The van der Waals surface area contributed by atoms with Crippen LogP contribution in [-0.4, -0.2) is 35.8 Å². The number of hydrogen-bond acceptors (Lipinski definition) is 4. The van der Waals surface area contributed by atoms with Gasteiger partial charge in [-0.15, -0.1) is 0 Å². The summed E-state index contributed by atoms with van der Waals surface area (Å²) in [7, 11) is 0. The SMILES string of the molecule is CCN(CC1CCCO1)c1nc(Cl)ncc1C. The molecule has 94 valence electrons. The lowest BCUT2D eigenvalue weighted by Gasteiger charge is -2.26. The average Bonchev–Trinajstić information content (AvgIpc) is 2.82. The Morgan fingerprint density at radius 2 is 2.41 bits per heavy atom. The summed E-state index contributed by atoms with van der Waals surface area (Å²) in [6, 6.07) is 0. The largest absolute Gasteiger partial charge is 0.376 e. The molecule has 0 amide bonds. The summed E-state index contributed by atoms with van der Waals surface area (Å²) in [5, 5.41) is 0.302. The molecule has 1 atom stereocenters. The zero-order valence-corrected chi connectivity index (χ0v) is 11.1. The third-order valence-corrected chi connectivity index (χ3v) is 3.23. The lowest BCUT2D eigenvalue weighted by atomic mass is 10.2. The molecule has 1 unspecified atom stereocenters. The number of rotatable bonds is 4. The Bertz CT molecular complexity index is 380. The molecule has 0 radical (unpaired) electrons. The first-order valence-electron chi connectivity index (χ1n) is 6.06. The fourth-order valence-corrected chi connectivity index (χ4v) is 2.26. The predicted molar refractivity (Wildman–Crippen MR) is 68.6 cm³/mol. The summed E-state index contributed by atoms with van der Waals surface area (Å²) in [4.78, 5) is 10.5. The van der Waals surface area contributed by atoms with E-state index in [1.807, 2.05) is 6.92 Å². The first-order valence-corrected chi connectivity index (χ1v) is 6.44. The van der Waals surface area contributed by atoms with Crippen molar-refractivity contribution in [3.05, 3.63) is 17.0 Å². The Balaban J connectivity index is 2.13. The second-order valence-electron chi connectivity index (χ2n) is 4.32. The van der Waals surface area contributed by atoms with E-state index in [1.54, 1.807) is 6.20 Å². The van der Waals surface area contributed by atoms with Crippen LogP contribution in [0.2, 0.25) is 5.28 Å². The molecule has 1 fully saturated rings.